The number of benzene rings is 12. The predicted molar refractivity (Wildman–Crippen MR) is 327 cm³/mol. The molecule has 0 saturated carbocycles. The monoisotopic (exact) mass is 985 g/mol. The molecule has 12 aromatic carbocycles. The summed E-state index contributed by atoms with van der Waals surface area (Å²) < 4.78 is 2.44. The Labute approximate surface area is 453 Å². The largest absolute Gasteiger partial charge is 0.309 e. The Morgan fingerprint density at radius 3 is 1.29 bits per heavy atom. The Kier molecular flexibility index (Phi) is 13.4. The van der Waals surface area contributed by atoms with E-state index in [1.54, 1.807) is 0 Å². The zero-order valence-corrected chi connectivity index (χ0v) is 43.8. The van der Waals surface area contributed by atoms with Crippen LogP contribution in [-0.2, 0) is 5.41 Å². The van der Waals surface area contributed by atoms with Crippen molar-refractivity contribution >= 4 is 21.8 Å². The van der Waals surface area contributed by atoms with Crippen molar-refractivity contribution in [3.8, 4) is 61.3 Å². The molecule has 0 amide bonds. The van der Waals surface area contributed by atoms with Crippen LogP contribution in [0.4, 0.5) is 0 Å². The summed E-state index contributed by atoms with van der Waals surface area (Å²) in [7, 11) is 0. The van der Waals surface area contributed by atoms with Gasteiger partial charge in [0.15, 0.2) is 0 Å². The summed E-state index contributed by atoms with van der Waals surface area (Å²) >= 11 is 0. The van der Waals surface area contributed by atoms with Crippen molar-refractivity contribution in [3.05, 3.63) is 342 Å². The number of nitrogens with zero attached hydrogens (tertiary/aromatic N) is 1. The van der Waals surface area contributed by atoms with Gasteiger partial charge in [0.05, 0.1) is 16.4 Å². The summed E-state index contributed by atoms with van der Waals surface area (Å²) in [4.78, 5) is 0. The summed E-state index contributed by atoms with van der Waals surface area (Å²) in [5.41, 5.74) is 25.0. The summed E-state index contributed by atoms with van der Waals surface area (Å²) in [6, 6.07) is 110. The number of fused-ring (bicyclic) bond motifs is 6. The van der Waals surface area contributed by atoms with Gasteiger partial charge in [-0.25, -0.2) is 0 Å². The van der Waals surface area contributed by atoms with Crippen LogP contribution in [0.1, 0.15) is 38.9 Å². The molecule has 1 aliphatic carbocycles. The first kappa shape index (κ1) is 48.4. The van der Waals surface area contributed by atoms with Crippen LogP contribution in [0.3, 0.4) is 0 Å². The van der Waals surface area contributed by atoms with E-state index in [2.05, 4.69) is 310 Å². The van der Waals surface area contributed by atoms with Gasteiger partial charge in [-0.2, -0.15) is 0 Å². The average Bonchev–Trinajstić information content (AvgIpc) is 4.23. The predicted octanol–water partition coefficient (Wildman–Crippen LogP) is 20.1. The molecule has 0 atom stereocenters. The molecule has 1 aromatic heterocycles. The van der Waals surface area contributed by atoms with Gasteiger partial charge in [0.1, 0.15) is 0 Å². The third-order valence-electron chi connectivity index (χ3n) is 15.2. The molecule has 1 heterocycles. The van der Waals surface area contributed by atoms with Crippen molar-refractivity contribution in [1.29, 1.82) is 0 Å². The first-order valence-corrected chi connectivity index (χ1v) is 26.7. The highest BCUT2D eigenvalue weighted by atomic mass is 15.0. The summed E-state index contributed by atoms with van der Waals surface area (Å²) in [6.07, 6.45) is 0. The Bertz CT molecular complexity index is 4060. The number of hydrogen-bond acceptors (Lipinski definition) is 0. The van der Waals surface area contributed by atoms with E-state index in [1.165, 1.54) is 116 Å². The SMILES string of the molecule is Cc1ccc2c(c1)-c1ccccc1C2(c1ccccc1)c1ccccc1.Cc1cccc(-c2cccc(-c3ccc4c5ccccc5n(-c5cc(-c6ccccc6)cc(-c6ccccc6)c5)c4c3)c2)c1.Cc1ccccc1. The second kappa shape index (κ2) is 21.4. The van der Waals surface area contributed by atoms with Crippen molar-refractivity contribution in [1.82, 2.24) is 4.57 Å². The Hall–Kier alpha value is -9.56. The van der Waals surface area contributed by atoms with E-state index < -0.39 is 0 Å². The van der Waals surface area contributed by atoms with Crippen LogP contribution >= 0.6 is 0 Å². The topological polar surface area (TPSA) is 4.93 Å². The Morgan fingerprint density at radius 2 is 0.688 bits per heavy atom. The van der Waals surface area contributed by atoms with Gasteiger partial charge in [-0.15, -0.1) is 0 Å². The molecule has 77 heavy (non-hydrogen) atoms. The smallest absolute Gasteiger partial charge is 0.0713 e. The number of para-hydroxylation sites is 1. The Morgan fingerprint density at radius 1 is 0.247 bits per heavy atom. The highest BCUT2D eigenvalue weighted by Crippen LogP contribution is 2.56. The normalized spacial score (nSPS) is 11.9. The van der Waals surface area contributed by atoms with Crippen molar-refractivity contribution in [2.45, 2.75) is 26.2 Å². The summed E-state index contributed by atoms with van der Waals surface area (Å²) in [5, 5.41) is 2.51. The molecule has 0 spiro atoms. The van der Waals surface area contributed by atoms with Crippen LogP contribution in [-0.4, -0.2) is 4.57 Å². The maximum atomic E-state index is 2.44. The first-order valence-electron chi connectivity index (χ1n) is 26.7. The summed E-state index contributed by atoms with van der Waals surface area (Å²) in [5.74, 6) is 0. The molecule has 1 aliphatic rings. The van der Waals surface area contributed by atoms with Gasteiger partial charge >= 0.3 is 0 Å². The third kappa shape index (κ3) is 9.50. The molecule has 368 valence electrons. The quantitative estimate of drug-likeness (QED) is 0.150. The maximum Gasteiger partial charge on any atom is 0.0713 e. The lowest BCUT2D eigenvalue weighted by Gasteiger charge is -2.33. The van der Waals surface area contributed by atoms with Crippen molar-refractivity contribution in [3.63, 3.8) is 0 Å². The van der Waals surface area contributed by atoms with Crippen LogP contribution < -0.4 is 0 Å². The van der Waals surface area contributed by atoms with Crippen molar-refractivity contribution < 1.29 is 0 Å². The molecule has 13 aromatic rings. The van der Waals surface area contributed by atoms with Crippen LogP contribution in [0.25, 0.3) is 83.1 Å². The first-order chi connectivity index (χ1) is 37.9. The average molecular weight is 986 g/mol. The number of aryl methyl sites for hydroxylation is 3. The standard InChI is InChI=1S/C43H31N.C26H20.C7H8/c1-30-12-10-17-33(24-30)34-18-11-19-35(25-34)36-22-23-41-40-20-8-9-21-42(40)44(43(41)29-36)39-27-37(31-13-4-2-5-14-31)26-38(28-39)32-15-6-3-7-16-32;1-19-16-17-25-23(18-19)22-14-8-9-15-24(22)26(25,20-10-4-2-5-11-20)21-12-6-3-7-13-21;1-7-5-3-2-4-6-7/h2-29H,1H3;2-18H,1H3;2-6H,1H3. The Balaban J connectivity index is 0.000000151. The number of hydrogen-bond donors (Lipinski definition) is 0. The van der Waals surface area contributed by atoms with E-state index in [-0.39, 0.29) is 5.41 Å². The number of rotatable bonds is 7. The fourth-order valence-electron chi connectivity index (χ4n) is 11.6. The van der Waals surface area contributed by atoms with Crippen molar-refractivity contribution in [2.75, 3.05) is 0 Å². The fourth-order valence-corrected chi connectivity index (χ4v) is 11.6. The highest BCUT2D eigenvalue weighted by Gasteiger charge is 2.45. The molecular formula is C76H59N. The second-order valence-electron chi connectivity index (χ2n) is 20.3. The minimum absolute atomic E-state index is 0.262. The zero-order valence-electron chi connectivity index (χ0n) is 43.8. The van der Waals surface area contributed by atoms with Crippen LogP contribution in [0, 0.1) is 20.8 Å². The molecule has 0 N–H and O–H groups in total. The molecule has 0 aliphatic heterocycles. The van der Waals surface area contributed by atoms with E-state index in [0.29, 0.717) is 0 Å². The molecule has 0 fully saturated rings. The molecule has 0 radical (unpaired) electrons. The van der Waals surface area contributed by atoms with Crippen LogP contribution in [0.5, 0.6) is 0 Å². The lowest BCUT2D eigenvalue weighted by atomic mass is 9.68. The highest BCUT2D eigenvalue weighted by molar-refractivity contribution is 6.10. The molecule has 0 unspecified atom stereocenters. The van der Waals surface area contributed by atoms with Gasteiger partial charge < -0.3 is 4.57 Å². The third-order valence-corrected chi connectivity index (χ3v) is 15.2. The van der Waals surface area contributed by atoms with Crippen LogP contribution in [0.15, 0.2) is 303 Å². The minimum atomic E-state index is -0.262. The van der Waals surface area contributed by atoms with Gasteiger partial charge in [0, 0.05) is 16.5 Å². The lowest BCUT2D eigenvalue weighted by Crippen LogP contribution is -2.28. The van der Waals surface area contributed by atoms with Gasteiger partial charge in [-0.1, -0.05) is 284 Å². The molecule has 0 bridgehead atoms. The van der Waals surface area contributed by atoms with Crippen molar-refractivity contribution in [2.24, 2.45) is 0 Å². The molecular weight excluding hydrogens is 927 g/mol. The zero-order chi connectivity index (χ0) is 52.1. The van der Waals surface area contributed by atoms with Gasteiger partial charge in [-0.05, 0) is 135 Å². The van der Waals surface area contributed by atoms with Gasteiger partial charge in [0.25, 0.3) is 0 Å². The van der Waals surface area contributed by atoms with Crippen LogP contribution in [0.2, 0.25) is 0 Å². The number of aromatic nitrogens is 1. The van der Waals surface area contributed by atoms with E-state index in [9.17, 15) is 0 Å². The summed E-state index contributed by atoms with van der Waals surface area (Å²) in [6.45, 7) is 6.41. The maximum absolute atomic E-state index is 2.44. The van der Waals surface area contributed by atoms with Gasteiger partial charge in [-0.3, -0.25) is 0 Å². The van der Waals surface area contributed by atoms with E-state index >= 15 is 0 Å². The second-order valence-corrected chi connectivity index (χ2v) is 20.3. The molecule has 1 heteroatoms. The van der Waals surface area contributed by atoms with E-state index in [1.807, 2.05) is 18.2 Å². The lowest BCUT2D eigenvalue weighted by molar-refractivity contribution is 0.768. The molecule has 14 rings (SSSR count). The van der Waals surface area contributed by atoms with Gasteiger partial charge in [0.2, 0.25) is 0 Å². The fraction of sp³-hybridized carbons (Fsp3) is 0.0526. The molecule has 1 nitrogen and oxygen atoms in total. The molecule has 0 saturated heterocycles. The van der Waals surface area contributed by atoms with E-state index in [4.69, 9.17) is 0 Å². The minimum Gasteiger partial charge on any atom is -0.309 e. The van der Waals surface area contributed by atoms with E-state index in [0.717, 1.165) is 5.69 Å².